The number of fused-ring (bicyclic) bond motifs is 1. The first-order valence-corrected chi connectivity index (χ1v) is 7.35. The first kappa shape index (κ1) is 13.5. The summed E-state index contributed by atoms with van der Waals surface area (Å²) >= 11 is 1.58. The number of amides is 1. The van der Waals surface area contributed by atoms with Gasteiger partial charge in [-0.2, -0.15) is 5.10 Å². The number of para-hydroxylation sites is 1. The fourth-order valence-corrected chi connectivity index (χ4v) is 2.70. The summed E-state index contributed by atoms with van der Waals surface area (Å²) in [5.41, 5.74) is 4.79. The Bertz CT molecular complexity index is 823. The molecule has 0 saturated carbocycles. The molecule has 0 aliphatic rings. The summed E-state index contributed by atoms with van der Waals surface area (Å²) in [5, 5.41) is 6.97. The number of hydrazone groups is 1. The molecular weight excluding hydrogens is 282 g/mol. The molecule has 0 radical (unpaired) electrons. The molecule has 3 rings (SSSR count). The van der Waals surface area contributed by atoms with Gasteiger partial charge in [0.2, 0.25) is 0 Å². The smallest absolute Gasteiger partial charge is 0.266 e. The molecule has 4 nitrogen and oxygen atoms in total. The van der Waals surface area contributed by atoms with E-state index in [1.54, 1.807) is 23.6 Å². The van der Waals surface area contributed by atoms with Crippen molar-refractivity contribution < 1.29 is 4.79 Å². The highest BCUT2D eigenvalue weighted by molar-refractivity contribution is 7.11. The highest BCUT2D eigenvalue weighted by atomic mass is 32.1. The SMILES string of the molecule is Cc1ccsc1/C=N/NC(=O)c1ccc2ccccc2n1. The number of benzene rings is 1. The van der Waals surface area contributed by atoms with Crippen LogP contribution in [0, 0.1) is 6.92 Å². The summed E-state index contributed by atoms with van der Waals surface area (Å²) < 4.78 is 0. The highest BCUT2D eigenvalue weighted by Crippen LogP contribution is 2.13. The van der Waals surface area contributed by atoms with E-state index in [1.807, 2.05) is 48.7 Å². The largest absolute Gasteiger partial charge is 0.289 e. The van der Waals surface area contributed by atoms with Gasteiger partial charge in [0.25, 0.3) is 5.91 Å². The van der Waals surface area contributed by atoms with Crippen molar-refractivity contribution in [3.8, 4) is 0 Å². The van der Waals surface area contributed by atoms with Gasteiger partial charge in [0.1, 0.15) is 5.69 Å². The molecule has 5 heteroatoms. The Hall–Kier alpha value is -2.53. The van der Waals surface area contributed by atoms with Gasteiger partial charge in [-0.25, -0.2) is 10.4 Å². The number of rotatable bonds is 3. The number of aryl methyl sites for hydroxylation is 1. The molecule has 0 bridgehead atoms. The average Bonchev–Trinajstić information content (AvgIpc) is 2.92. The molecule has 0 saturated heterocycles. The van der Waals surface area contributed by atoms with Crippen molar-refractivity contribution in [1.29, 1.82) is 0 Å². The van der Waals surface area contributed by atoms with Crippen LogP contribution in [0.25, 0.3) is 10.9 Å². The molecule has 2 aromatic heterocycles. The monoisotopic (exact) mass is 295 g/mol. The van der Waals surface area contributed by atoms with Gasteiger partial charge in [-0.3, -0.25) is 4.79 Å². The number of nitrogens with zero attached hydrogens (tertiary/aromatic N) is 2. The Balaban J connectivity index is 1.75. The van der Waals surface area contributed by atoms with Crippen LogP contribution in [0.2, 0.25) is 0 Å². The molecule has 0 fully saturated rings. The van der Waals surface area contributed by atoms with Crippen molar-refractivity contribution in [2.75, 3.05) is 0 Å². The van der Waals surface area contributed by atoms with Crippen LogP contribution in [0.4, 0.5) is 0 Å². The zero-order valence-corrected chi connectivity index (χ0v) is 12.2. The predicted octanol–water partition coefficient (Wildman–Crippen LogP) is 3.37. The second-order valence-electron chi connectivity index (χ2n) is 4.56. The predicted molar refractivity (Wildman–Crippen MR) is 85.9 cm³/mol. The van der Waals surface area contributed by atoms with Gasteiger partial charge in [0, 0.05) is 10.3 Å². The van der Waals surface area contributed by atoms with Crippen molar-refractivity contribution >= 4 is 34.4 Å². The van der Waals surface area contributed by atoms with E-state index in [0.717, 1.165) is 21.3 Å². The highest BCUT2D eigenvalue weighted by Gasteiger charge is 2.06. The van der Waals surface area contributed by atoms with E-state index in [9.17, 15) is 4.79 Å². The van der Waals surface area contributed by atoms with Crippen LogP contribution in [-0.4, -0.2) is 17.1 Å². The minimum absolute atomic E-state index is 0.314. The first-order valence-electron chi connectivity index (χ1n) is 6.47. The van der Waals surface area contributed by atoms with E-state index in [-0.39, 0.29) is 5.91 Å². The topological polar surface area (TPSA) is 54.4 Å². The van der Waals surface area contributed by atoms with Crippen LogP contribution in [-0.2, 0) is 0 Å². The van der Waals surface area contributed by atoms with Crippen LogP contribution in [0.5, 0.6) is 0 Å². The molecule has 0 aliphatic heterocycles. The fourth-order valence-electron chi connectivity index (χ4n) is 1.92. The second kappa shape index (κ2) is 5.85. The second-order valence-corrected chi connectivity index (χ2v) is 5.50. The number of aromatic nitrogens is 1. The summed E-state index contributed by atoms with van der Waals surface area (Å²) in [4.78, 5) is 17.4. The Kier molecular flexibility index (Phi) is 3.75. The zero-order chi connectivity index (χ0) is 14.7. The summed E-state index contributed by atoms with van der Waals surface area (Å²) in [5.74, 6) is -0.314. The number of carbonyl (C=O) groups excluding carboxylic acids is 1. The number of hydrogen-bond acceptors (Lipinski definition) is 4. The lowest BCUT2D eigenvalue weighted by molar-refractivity contribution is 0.0950. The van der Waals surface area contributed by atoms with Gasteiger partial charge in [-0.05, 0) is 36.1 Å². The lowest BCUT2D eigenvalue weighted by Crippen LogP contribution is -2.18. The van der Waals surface area contributed by atoms with Crippen LogP contribution >= 0.6 is 11.3 Å². The molecule has 0 unspecified atom stereocenters. The zero-order valence-electron chi connectivity index (χ0n) is 11.4. The van der Waals surface area contributed by atoms with Gasteiger partial charge in [-0.1, -0.05) is 24.3 Å². The van der Waals surface area contributed by atoms with Gasteiger partial charge < -0.3 is 0 Å². The molecule has 21 heavy (non-hydrogen) atoms. The van der Waals surface area contributed by atoms with Crippen molar-refractivity contribution in [2.24, 2.45) is 5.10 Å². The van der Waals surface area contributed by atoms with Crippen LogP contribution in [0.1, 0.15) is 20.9 Å². The standard InChI is InChI=1S/C16H13N3OS/c1-11-8-9-21-15(11)10-17-19-16(20)14-7-6-12-4-2-3-5-13(12)18-14/h2-10H,1H3,(H,19,20)/b17-10+. The number of nitrogens with one attached hydrogen (secondary N) is 1. The van der Waals surface area contributed by atoms with Crippen LogP contribution < -0.4 is 5.43 Å². The number of thiophene rings is 1. The maximum atomic E-state index is 12.0. The molecular formula is C16H13N3OS. The third kappa shape index (κ3) is 2.98. The summed E-state index contributed by atoms with van der Waals surface area (Å²) in [6.07, 6.45) is 1.65. The van der Waals surface area contributed by atoms with Crippen molar-refractivity contribution in [2.45, 2.75) is 6.92 Å². The molecule has 2 heterocycles. The molecule has 0 atom stereocenters. The Morgan fingerprint density at radius 1 is 1.24 bits per heavy atom. The Morgan fingerprint density at radius 2 is 2.10 bits per heavy atom. The molecule has 1 aromatic carbocycles. The van der Waals surface area contributed by atoms with Crippen LogP contribution in [0.3, 0.4) is 0 Å². The van der Waals surface area contributed by atoms with E-state index in [1.165, 1.54) is 0 Å². The number of carbonyl (C=O) groups is 1. The van der Waals surface area contributed by atoms with E-state index < -0.39 is 0 Å². The molecule has 1 amide bonds. The molecule has 1 N–H and O–H groups in total. The lowest BCUT2D eigenvalue weighted by atomic mass is 10.2. The van der Waals surface area contributed by atoms with Gasteiger partial charge >= 0.3 is 0 Å². The minimum atomic E-state index is -0.314. The molecule has 104 valence electrons. The maximum Gasteiger partial charge on any atom is 0.289 e. The van der Waals surface area contributed by atoms with Crippen LogP contribution in [0.15, 0.2) is 52.9 Å². The quantitative estimate of drug-likeness (QED) is 0.595. The normalized spacial score (nSPS) is 11.1. The number of pyridine rings is 1. The maximum absolute atomic E-state index is 12.0. The molecule has 0 aliphatic carbocycles. The summed E-state index contributed by atoms with van der Waals surface area (Å²) in [6.45, 7) is 2.00. The average molecular weight is 295 g/mol. The van der Waals surface area contributed by atoms with E-state index in [0.29, 0.717) is 5.69 Å². The van der Waals surface area contributed by atoms with Gasteiger partial charge in [0.15, 0.2) is 0 Å². The van der Waals surface area contributed by atoms with E-state index in [4.69, 9.17) is 0 Å². The molecule has 3 aromatic rings. The fraction of sp³-hybridized carbons (Fsp3) is 0.0625. The number of hydrogen-bond donors (Lipinski definition) is 1. The molecule has 0 spiro atoms. The summed E-state index contributed by atoms with van der Waals surface area (Å²) in [6, 6.07) is 13.3. The first-order chi connectivity index (χ1) is 10.2. The van der Waals surface area contributed by atoms with E-state index >= 15 is 0 Å². The summed E-state index contributed by atoms with van der Waals surface area (Å²) in [7, 11) is 0. The van der Waals surface area contributed by atoms with Gasteiger partial charge in [0.05, 0.1) is 11.7 Å². The Labute approximate surface area is 126 Å². The Morgan fingerprint density at radius 3 is 2.90 bits per heavy atom. The van der Waals surface area contributed by atoms with Crippen molar-refractivity contribution in [1.82, 2.24) is 10.4 Å². The minimum Gasteiger partial charge on any atom is -0.266 e. The third-order valence-corrected chi connectivity index (χ3v) is 4.03. The van der Waals surface area contributed by atoms with E-state index in [2.05, 4.69) is 15.5 Å². The lowest BCUT2D eigenvalue weighted by Gasteiger charge is -2.01. The van der Waals surface area contributed by atoms with Gasteiger partial charge in [-0.15, -0.1) is 11.3 Å². The van der Waals surface area contributed by atoms with Crippen molar-refractivity contribution in [3.63, 3.8) is 0 Å². The van der Waals surface area contributed by atoms with Crippen molar-refractivity contribution in [3.05, 3.63) is 64.0 Å². The third-order valence-electron chi connectivity index (χ3n) is 3.08.